The van der Waals surface area contributed by atoms with Gasteiger partial charge in [-0.05, 0) is 29.3 Å². The maximum absolute atomic E-state index is 13.8. The molecule has 2 aromatic carbocycles. The summed E-state index contributed by atoms with van der Waals surface area (Å²) in [6.45, 7) is -0.201. The molecule has 0 aliphatic heterocycles. The van der Waals surface area contributed by atoms with Gasteiger partial charge in [0.15, 0.2) is 0 Å². The molecule has 0 spiro atoms. The first-order valence-electron chi connectivity index (χ1n) is 6.16. The first-order valence-corrected chi connectivity index (χ1v) is 6.54. The largest absolute Gasteiger partial charge is 0.481 e. The maximum atomic E-state index is 13.8. The number of aliphatic hydroxyl groups is 1. The Morgan fingerprint density at radius 2 is 2.05 bits per heavy atom. The lowest BCUT2D eigenvalue weighted by molar-refractivity contribution is -0.136. The number of nitrogens with one attached hydrogen (secondary N) is 1. The molecular formula is C15H13ClFNO3. The zero-order valence-electron chi connectivity index (χ0n) is 10.9. The predicted molar refractivity (Wildman–Crippen MR) is 78.4 cm³/mol. The van der Waals surface area contributed by atoms with Gasteiger partial charge in [-0.3, -0.25) is 4.79 Å². The molecule has 2 rings (SSSR count). The first-order chi connectivity index (χ1) is 10.0. The minimum Gasteiger partial charge on any atom is -0.481 e. The fourth-order valence-corrected chi connectivity index (χ4v) is 2.14. The predicted octanol–water partition coefficient (Wildman–Crippen LogP) is 3.34. The number of aliphatic hydroxyl groups excluding tert-OH is 1. The minimum absolute atomic E-state index is 0.0857. The van der Waals surface area contributed by atoms with E-state index < -0.39 is 11.8 Å². The summed E-state index contributed by atoms with van der Waals surface area (Å²) >= 11 is 5.94. The summed E-state index contributed by atoms with van der Waals surface area (Å²) in [4.78, 5) is 10.9. The molecule has 110 valence electrons. The Labute approximate surface area is 125 Å². The Morgan fingerprint density at radius 1 is 1.29 bits per heavy atom. The van der Waals surface area contributed by atoms with Crippen molar-refractivity contribution in [3.8, 4) is 0 Å². The third kappa shape index (κ3) is 3.71. The smallest absolute Gasteiger partial charge is 0.307 e. The fraction of sp³-hybridized carbons (Fsp3) is 0.133. The third-order valence-electron chi connectivity index (χ3n) is 2.92. The highest BCUT2D eigenvalue weighted by atomic mass is 35.5. The molecule has 21 heavy (non-hydrogen) atoms. The van der Waals surface area contributed by atoms with Gasteiger partial charge in [0, 0.05) is 5.69 Å². The Kier molecular flexibility index (Phi) is 4.77. The molecule has 0 atom stereocenters. The van der Waals surface area contributed by atoms with Crippen LogP contribution in [0.3, 0.4) is 0 Å². The molecule has 0 amide bonds. The van der Waals surface area contributed by atoms with Gasteiger partial charge in [0.2, 0.25) is 0 Å². The SMILES string of the molecule is O=C(O)Cc1cc(CO)ccc1Nc1c(F)cccc1Cl. The Balaban J connectivity index is 2.41. The zero-order valence-corrected chi connectivity index (χ0v) is 11.7. The molecule has 0 aliphatic rings. The minimum atomic E-state index is -1.02. The standard InChI is InChI=1S/C15H13ClFNO3/c16-11-2-1-3-12(17)15(11)18-13-5-4-9(8-19)6-10(13)7-14(20)21/h1-6,18-19H,7-8H2,(H,20,21). The number of halogens is 2. The summed E-state index contributed by atoms with van der Waals surface area (Å²) in [5.41, 5.74) is 1.54. The fourth-order valence-electron chi connectivity index (χ4n) is 1.93. The van der Waals surface area contributed by atoms with Crippen molar-refractivity contribution in [1.29, 1.82) is 0 Å². The average Bonchev–Trinajstić information content (AvgIpc) is 2.43. The van der Waals surface area contributed by atoms with Crippen LogP contribution in [0.2, 0.25) is 5.02 Å². The van der Waals surface area contributed by atoms with Crippen molar-refractivity contribution in [2.24, 2.45) is 0 Å². The first kappa shape index (κ1) is 15.3. The number of anilines is 2. The highest BCUT2D eigenvalue weighted by Crippen LogP contribution is 2.30. The van der Waals surface area contributed by atoms with Crippen LogP contribution in [0.25, 0.3) is 0 Å². The second-order valence-electron chi connectivity index (χ2n) is 4.44. The number of para-hydroxylation sites is 1. The number of rotatable bonds is 5. The van der Waals surface area contributed by atoms with Gasteiger partial charge in [0.05, 0.1) is 23.7 Å². The van der Waals surface area contributed by atoms with E-state index in [-0.39, 0.29) is 23.7 Å². The van der Waals surface area contributed by atoms with E-state index in [1.807, 2.05) is 0 Å². The van der Waals surface area contributed by atoms with Crippen molar-refractivity contribution in [3.05, 3.63) is 58.4 Å². The van der Waals surface area contributed by atoms with Gasteiger partial charge in [0.25, 0.3) is 0 Å². The molecule has 0 saturated heterocycles. The molecule has 0 aliphatic carbocycles. The lowest BCUT2D eigenvalue weighted by atomic mass is 10.1. The van der Waals surface area contributed by atoms with Crippen LogP contribution in [0.4, 0.5) is 15.8 Å². The molecular weight excluding hydrogens is 297 g/mol. The van der Waals surface area contributed by atoms with Crippen LogP contribution in [0.5, 0.6) is 0 Å². The number of carboxylic acid groups (broad SMARTS) is 1. The molecule has 0 aromatic heterocycles. The second-order valence-corrected chi connectivity index (χ2v) is 4.85. The van der Waals surface area contributed by atoms with Crippen molar-refractivity contribution in [2.45, 2.75) is 13.0 Å². The van der Waals surface area contributed by atoms with Gasteiger partial charge in [-0.1, -0.05) is 29.8 Å². The van der Waals surface area contributed by atoms with Crippen LogP contribution in [0, 0.1) is 5.82 Å². The summed E-state index contributed by atoms with van der Waals surface area (Å²) in [7, 11) is 0. The molecule has 3 N–H and O–H groups in total. The van der Waals surface area contributed by atoms with Gasteiger partial charge < -0.3 is 15.5 Å². The summed E-state index contributed by atoms with van der Waals surface area (Å²) in [5.74, 6) is -1.55. The molecule has 2 aromatic rings. The van der Waals surface area contributed by atoms with Crippen molar-refractivity contribution in [1.82, 2.24) is 0 Å². The van der Waals surface area contributed by atoms with Crippen molar-refractivity contribution in [2.75, 3.05) is 5.32 Å². The van der Waals surface area contributed by atoms with E-state index in [4.69, 9.17) is 21.8 Å². The molecule has 4 nitrogen and oxygen atoms in total. The van der Waals surface area contributed by atoms with Gasteiger partial charge in [-0.25, -0.2) is 4.39 Å². The van der Waals surface area contributed by atoms with Crippen molar-refractivity contribution >= 4 is 28.9 Å². The van der Waals surface area contributed by atoms with E-state index in [0.29, 0.717) is 16.8 Å². The average molecular weight is 310 g/mol. The topological polar surface area (TPSA) is 69.6 Å². The van der Waals surface area contributed by atoms with Crippen LogP contribution in [0.1, 0.15) is 11.1 Å². The van der Waals surface area contributed by atoms with E-state index in [2.05, 4.69) is 5.32 Å². The maximum Gasteiger partial charge on any atom is 0.307 e. The molecule has 0 radical (unpaired) electrons. The molecule has 0 bridgehead atoms. The lowest BCUT2D eigenvalue weighted by Gasteiger charge is -2.14. The summed E-state index contributed by atoms with van der Waals surface area (Å²) in [6.07, 6.45) is -0.248. The summed E-state index contributed by atoms with van der Waals surface area (Å²) in [6, 6.07) is 9.05. The van der Waals surface area contributed by atoms with Crippen molar-refractivity contribution in [3.63, 3.8) is 0 Å². The number of hydrogen-bond donors (Lipinski definition) is 3. The van der Waals surface area contributed by atoms with Crippen LogP contribution in [-0.4, -0.2) is 16.2 Å². The van der Waals surface area contributed by atoms with Gasteiger partial charge in [0.1, 0.15) is 5.82 Å². The van der Waals surface area contributed by atoms with E-state index in [0.717, 1.165) is 0 Å². The summed E-state index contributed by atoms with van der Waals surface area (Å²) in [5, 5.41) is 21.1. The zero-order chi connectivity index (χ0) is 15.4. The molecule has 0 heterocycles. The van der Waals surface area contributed by atoms with Crippen LogP contribution in [0.15, 0.2) is 36.4 Å². The van der Waals surface area contributed by atoms with E-state index in [1.54, 1.807) is 18.2 Å². The number of hydrogen-bond acceptors (Lipinski definition) is 3. The Bertz CT molecular complexity index is 656. The van der Waals surface area contributed by atoms with Crippen LogP contribution >= 0.6 is 11.6 Å². The second kappa shape index (κ2) is 6.56. The van der Waals surface area contributed by atoms with E-state index in [1.165, 1.54) is 18.2 Å². The highest BCUT2D eigenvalue weighted by molar-refractivity contribution is 6.33. The Hall–Kier alpha value is -2.11. The molecule has 0 unspecified atom stereocenters. The lowest BCUT2D eigenvalue weighted by Crippen LogP contribution is -2.05. The molecule has 0 saturated carbocycles. The van der Waals surface area contributed by atoms with Gasteiger partial charge in [-0.15, -0.1) is 0 Å². The number of benzene rings is 2. The number of aliphatic carboxylic acids is 1. The summed E-state index contributed by atoms with van der Waals surface area (Å²) < 4.78 is 13.8. The monoisotopic (exact) mass is 309 g/mol. The van der Waals surface area contributed by atoms with E-state index in [9.17, 15) is 9.18 Å². The van der Waals surface area contributed by atoms with Gasteiger partial charge >= 0.3 is 5.97 Å². The number of carboxylic acids is 1. The van der Waals surface area contributed by atoms with Gasteiger partial charge in [-0.2, -0.15) is 0 Å². The molecule has 0 fully saturated rings. The van der Waals surface area contributed by atoms with Crippen LogP contribution < -0.4 is 5.32 Å². The quantitative estimate of drug-likeness (QED) is 0.792. The highest BCUT2D eigenvalue weighted by Gasteiger charge is 2.12. The van der Waals surface area contributed by atoms with Crippen LogP contribution in [-0.2, 0) is 17.8 Å². The normalized spacial score (nSPS) is 10.4. The number of carbonyl (C=O) groups is 1. The third-order valence-corrected chi connectivity index (χ3v) is 3.23. The van der Waals surface area contributed by atoms with Crippen molar-refractivity contribution < 1.29 is 19.4 Å². The van der Waals surface area contributed by atoms with E-state index >= 15 is 0 Å². The Morgan fingerprint density at radius 3 is 2.67 bits per heavy atom. The molecule has 6 heteroatoms.